The Balaban J connectivity index is 0.00000320. The summed E-state index contributed by atoms with van der Waals surface area (Å²) in [4.78, 5) is 27.6. The first-order valence-corrected chi connectivity index (χ1v) is 10.1. The van der Waals surface area contributed by atoms with E-state index in [1.54, 1.807) is 49.4 Å². The molecular weight excluding hydrogens is 428 g/mol. The number of carbonyl (C=O) groups excluding carboxylic acids is 2. The molecule has 0 radical (unpaired) electrons. The van der Waals surface area contributed by atoms with Gasteiger partial charge in [-0.3, -0.25) is 9.59 Å². The summed E-state index contributed by atoms with van der Waals surface area (Å²) in [6.45, 7) is 2.27. The molecular formula is C21H25ClN2O5S. The summed E-state index contributed by atoms with van der Waals surface area (Å²) < 4.78 is 10.7. The van der Waals surface area contributed by atoms with Crippen LogP contribution in [0.4, 0.5) is 5.69 Å². The number of likely N-dealkylation sites (N-methyl/N-ethyl adjacent to an activating group) is 1. The lowest BCUT2D eigenvalue weighted by Crippen LogP contribution is -2.45. The number of hydrogen-bond acceptors (Lipinski definition) is 7. The third kappa shape index (κ3) is 5.19. The lowest BCUT2D eigenvalue weighted by Gasteiger charge is -2.27. The molecule has 0 unspecified atom stereocenters. The van der Waals surface area contributed by atoms with Crippen molar-refractivity contribution in [1.82, 2.24) is 5.32 Å². The number of aromatic hydroxyl groups is 1. The number of ether oxygens (including phenoxy) is 2. The van der Waals surface area contributed by atoms with Crippen molar-refractivity contribution < 1.29 is 24.2 Å². The molecule has 1 amide bonds. The van der Waals surface area contributed by atoms with Gasteiger partial charge in [-0.05, 0) is 42.9 Å². The van der Waals surface area contributed by atoms with Gasteiger partial charge in [0, 0.05) is 24.9 Å². The molecule has 0 spiro atoms. The second kappa shape index (κ2) is 10.6. The Morgan fingerprint density at radius 2 is 1.93 bits per heavy atom. The first kappa shape index (κ1) is 23.9. The number of halogens is 1. The topological polar surface area (TPSA) is 88.1 Å². The van der Waals surface area contributed by atoms with Crippen LogP contribution in [-0.2, 0) is 14.3 Å². The van der Waals surface area contributed by atoms with Gasteiger partial charge in [0.25, 0.3) is 5.91 Å². The molecule has 1 aliphatic heterocycles. The summed E-state index contributed by atoms with van der Waals surface area (Å²) in [5, 5.41) is 12.6. The quantitative estimate of drug-likeness (QED) is 0.651. The number of fused-ring (bicyclic) bond motifs is 1. The highest BCUT2D eigenvalue weighted by Gasteiger charge is 2.40. The average Bonchev–Trinajstić information content (AvgIpc) is 2.81. The number of carbonyl (C=O) groups is 2. The molecule has 2 atom stereocenters. The van der Waals surface area contributed by atoms with Crippen LogP contribution in [0.3, 0.4) is 0 Å². The highest BCUT2D eigenvalue weighted by molar-refractivity contribution is 7.99. The zero-order valence-electron chi connectivity index (χ0n) is 17.0. The van der Waals surface area contributed by atoms with Crippen molar-refractivity contribution in [2.45, 2.75) is 23.2 Å². The minimum absolute atomic E-state index is 0. The Morgan fingerprint density at radius 1 is 1.23 bits per heavy atom. The molecule has 0 fully saturated rings. The predicted octanol–water partition coefficient (Wildman–Crippen LogP) is 3.15. The van der Waals surface area contributed by atoms with Crippen LogP contribution in [0.2, 0.25) is 0 Å². The largest absolute Gasteiger partial charge is 0.508 e. The van der Waals surface area contributed by atoms with Gasteiger partial charge in [0.1, 0.15) is 11.5 Å². The number of esters is 1. The Hall–Kier alpha value is -2.42. The second-order valence-electron chi connectivity index (χ2n) is 6.59. The number of thioether (sulfide) groups is 1. The van der Waals surface area contributed by atoms with Crippen molar-refractivity contribution in [2.24, 2.45) is 0 Å². The Labute approximate surface area is 186 Å². The van der Waals surface area contributed by atoms with Gasteiger partial charge in [-0.1, -0.05) is 12.1 Å². The Kier molecular flexibility index (Phi) is 8.40. The van der Waals surface area contributed by atoms with E-state index in [1.807, 2.05) is 12.1 Å². The van der Waals surface area contributed by atoms with Crippen LogP contribution in [0, 0.1) is 0 Å². The first-order chi connectivity index (χ1) is 13.9. The molecule has 2 aromatic rings. The average molecular weight is 453 g/mol. The highest BCUT2D eigenvalue weighted by Crippen LogP contribution is 2.47. The number of nitrogens with zero attached hydrogens (tertiary/aromatic N) is 1. The molecule has 162 valence electrons. The fourth-order valence-corrected chi connectivity index (χ4v) is 4.55. The van der Waals surface area contributed by atoms with E-state index in [9.17, 15) is 14.7 Å². The van der Waals surface area contributed by atoms with Crippen LogP contribution in [0.1, 0.15) is 17.7 Å². The summed E-state index contributed by atoms with van der Waals surface area (Å²) >= 11 is 1.39. The number of anilines is 1. The first-order valence-electron chi connectivity index (χ1n) is 9.21. The molecule has 2 N–H and O–H groups in total. The monoisotopic (exact) mass is 452 g/mol. The Bertz CT molecular complexity index is 893. The molecule has 0 saturated carbocycles. The fraction of sp³-hybridized carbons (Fsp3) is 0.333. The molecule has 30 heavy (non-hydrogen) atoms. The van der Waals surface area contributed by atoms with Crippen LogP contribution >= 0.6 is 24.2 Å². The zero-order valence-corrected chi connectivity index (χ0v) is 18.6. The molecule has 3 rings (SSSR count). The molecule has 0 bridgehead atoms. The SMILES string of the molecule is CNCCN1C(=O)[C@@H](OC(C)=O)[C@@H](c2ccc(OC)cc2)Sc2cc(O)ccc21.Cl. The van der Waals surface area contributed by atoms with E-state index in [0.717, 1.165) is 10.5 Å². The smallest absolute Gasteiger partial charge is 0.303 e. The third-order valence-corrected chi connectivity index (χ3v) is 5.95. The predicted molar refractivity (Wildman–Crippen MR) is 119 cm³/mol. The number of phenolic OH excluding ortho intramolecular Hbond substituents is 1. The van der Waals surface area contributed by atoms with E-state index in [2.05, 4.69) is 5.32 Å². The minimum atomic E-state index is -1.00. The van der Waals surface area contributed by atoms with Gasteiger partial charge in [-0.2, -0.15) is 0 Å². The van der Waals surface area contributed by atoms with E-state index in [4.69, 9.17) is 9.47 Å². The molecule has 0 saturated heterocycles. The highest BCUT2D eigenvalue weighted by atomic mass is 35.5. The van der Waals surface area contributed by atoms with Crippen LogP contribution in [0.25, 0.3) is 0 Å². The van der Waals surface area contributed by atoms with E-state index in [-0.39, 0.29) is 24.1 Å². The maximum Gasteiger partial charge on any atom is 0.303 e. The number of amides is 1. The summed E-state index contributed by atoms with van der Waals surface area (Å²) in [6, 6.07) is 12.2. The van der Waals surface area contributed by atoms with Gasteiger partial charge >= 0.3 is 5.97 Å². The third-order valence-electron chi connectivity index (χ3n) is 4.60. The van der Waals surface area contributed by atoms with Crippen molar-refractivity contribution in [3.05, 3.63) is 48.0 Å². The lowest BCUT2D eigenvalue weighted by atomic mass is 10.1. The van der Waals surface area contributed by atoms with Gasteiger partial charge in [0.05, 0.1) is 18.0 Å². The van der Waals surface area contributed by atoms with Crippen molar-refractivity contribution in [3.8, 4) is 11.5 Å². The van der Waals surface area contributed by atoms with Crippen molar-refractivity contribution in [2.75, 3.05) is 32.1 Å². The van der Waals surface area contributed by atoms with Gasteiger partial charge in [-0.15, -0.1) is 24.2 Å². The van der Waals surface area contributed by atoms with Gasteiger partial charge in [0.2, 0.25) is 0 Å². The number of phenols is 1. The number of benzene rings is 2. The maximum atomic E-state index is 13.5. The van der Waals surface area contributed by atoms with Crippen molar-refractivity contribution in [3.63, 3.8) is 0 Å². The van der Waals surface area contributed by atoms with E-state index < -0.39 is 17.3 Å². The van der Waals surface area contributed by atoms with E-state index in [1.165, 1.54) is 18.7 Å². The van der Waals surface area contributed by atoms with Crippen LogP contribution < -0.4 is 15.0 Å². The van der Waals surface area contributed by atoms with E-state index in [0.29, 0.717) is 24.5 Å². The van der Waals surface area contributed by atoms with Crippen molar-refractivity contribution >= 4 is 41.7 Å². The number of hydrogen-bond donors (Lipinski definition) is 2. The fourth-order valence-electron chi connectivity index (χ4n) is 3.20. The minimum Gasteiger partial charge on any atom is -0.508 e. The molecule has 0 aliphatic carbocycles. The summed E-state index contributed by atoms with van der Waals surface area (Å²) in [7, 11) is 3.39. The van der Waals surface area contributed by atoms with Crippen LogP contribution in [-0.4, -0.2) is 50.3 Å². The standard InChI is InChI=1S/C21H24N2O5S.ClH/c1-13(24)28-19-20(14-4-7-16(27-3)8-5-14)29-18-12-15(25)6-9-17(18)23(21(19)26)11-10-22-2;/h4-9,12,19-20,22,25H,10-11H2,1-3H3;1H/t19-,20+;/m0./s1. The normalized spacial score (nSPS) is 18.1. The summed E-state index contributed by atoms with van der Waals surface area (Å²) in [6.07, 6.45) is -1.00. The van der Waals surface area contributed by atoms with Crippen LogP contribution in [0.5, 0.6) is 11.5 Å². The summed E-state index contributed by atoms with van der Waals surface area (Å²) in [5.41, 5.74) is 1.50. The summed E-state index contributed by atoms with van der Waals surface area (Å²) in [5.74, 6) is -0.0221. The molecule has 1 heterocycles. The second-order valence-corrected chi connectivity index (χ2v) is 7.77. The molecule has 9 heteroatoms. The number of methoxy groups -OCH3 is 1. The van der Waals surface area contributed by atoms with Crippen molar-refractivity contribution in [1.29, 1.82) is 0 Å². The molecule has 2 aromatic carbocycles. The van der Waals surface area contributed by atoms with Gasteiger partial charge in [-0.25, -0.2) is 0 Å². The molecule has 7 nitrogen and oxygen atoms in total. The molecule has 1 aliphatic rings. The van der Waals surface area contributed by atoms with E-state index >= 15 is 0 Å². The Morgan fingerprint density at radius 3 is 2.53 bits per heavy atom. The lowest BCUT2D eigenvalue weighted by molar-refractivity contribution is -0.152. The van der Waals surface area contributed by atoms with Crippen LogP contribution in [0.15, 0.2) is 47.4 Å². The molecule has 0 aromatic heterocycles. The van der Waals surface area contributed by atoms with Gasteiger partial charge in [0.15, 0.2) is 6.10 Å². The number of nitrogens with one attached hydrogen (secondary N) is 1. The zero-order chi connectivity index (χ0) is 21.0. The number of rotatable bonds is 6. The van der Waals surface area contributed by atoms with Gasteiger partial charge < -0.3 is 24.8 Å². The maximum absolute atomic E-state index is 13.5.